The lowest BCUT2D eigenvalue weighted by Crippen LogP contribution is -2.21. The standard InChI is InChI=1S/C16H13N3O4S/c1-22-11-5-2-4-10(8-11)16(21)23-9-14(20)17-12-6-3-7-13-15(12)19-24-18-13/h2-8H,9H2,1H3,(H,17,20). The molecule has 122 valence electrons. The summed E-state index contributed by atoms with van der Waals surface area (Å²) in [5.74, 6) is -0.513. The molecule has 0 aliphatic heterocycles. The van der Waals surface area contributed by atoms with Crippen molar-refractivity contribution in [2.24, 2.45) is 0 Å². The molecule has 1 aromatic heterocycles. The molecule has 8 heteroatoms. The number of hydrogen-bond acceptors (Lipinski definition) is 7. The van der Waals surface area contributed by atoms with Crippen LogP contribution in [0.15, 0.2) is 42.5 Å². The van der Waals surface area contributed by atoms with Gasteiger partial charge < -0.3 is 14.8 Å². The first kappa shape index (κ1) is 15.9. The Balaban J connectivity index is 1.61. The fraction of sp³-hybridized carbons (Fsp3) is 0.125. The van der Waals surface area contributed by atoms with Crippen molar-refractivity contribution in [1.29, 1.82) is 0 Å². The van der Waals surface area contributed by atoms with E-state index in [2.05, 4.69) is 14.1 Å². The number of fused-ring (bicyclic) bond motifs is 1. The maximum atomic E-state index is 12.0. The monoisotopic (exact) mass is 343 g/mol. The summed E-state index contributed by atoms with van der Waals surface area (Å²) in [5, 5.41) is 2.66. The molecule has 0 aliphatic carbocycles. The number of nitrogens with one attached hydrogen (secondary N) is 1. The van der Waals surface area contributed by atoms with E-state index in [1.54, 1.807) is 42.5 Å². The molecule has 0 bridgehead atoms. The van der Waals surface area contributed by atoms with Crippen LogP contribution in [0.3, 0.4) is 0 Å². The van der Waals surface area contributed by atoms with E-state index >= 15 is 0 Å². The van der Waals surface area contributed by atoms with E-state index < -0.39 is 18.5 Å². The Hall–Kier alpha value is -3.00. The summed E-state index contributed by atoms with van der Waals surface area (Å²) in [6, 6.07) is 11.8. The summed E-state index contributed by atoms with van der Waals surface area (Å²) in [7, 11) is 1.51. The van der Waals surface area contributed by atoms with Gasteiger partial charge in [0.25, 0.3) is 5.91 Å². The molecule has 24 heavy (non-hydrogen) atoms. The number of amides is 1. The minimum Gasteiger partial charge on any atom is -0.497 e. The van der Waals surface area contributed by atoms with Crippen molar-refractivity contribution >= 4 is 40.3 Å². The zero-order valence-electron chi connectivity index (χ0n) is 12.7. The van der Waals surface area contributed by atoms with Crippen LogP contribution in [0.25, 0.3) is 11.0 Å². The van der Waals surface area contributed by atoms with Crippen LogP contribution >= 0.6 is 11.7 Å². The van der Waals surface area contributed by atoms with E-state index in [-0.39, 0.29) is 0 Å². The van der Waals surface area contributed by atoms with E-state index in [1.807, 2.05) is 0 Å². The molecule has 7 nitrogen and oxygen atoms in total. The Morgan fingerprint density at radius 3 is 2.83 bits per heavy atom. The smallest absolute Gasteiger partial charge is 0.338 e. The van der Waals surface area contributed by atoms with Crippen molar-refractivity contribution < 1.29 is 19.1 Å². The van der Waals surface area contributed by atoms with Gasteiger partial charge in [-0.3, -0.25) is 4.79 Å². The average Bonchev–Trinajstić information content (AvgIpc) is 3.09. The zero-order valence-corrected chi connectivity index (χ0v) is 13.5. The van der Waals surface area contributed by atoms with Gasteiger partial charge in [-0.25, -0.2) is 4.79 Å². The quantitative estimate of drug-likeness (QED) is 0.716. The first-order valence-corrected chi connectivity index (χ1v) is 7.73. The molecule has 3 aromatic rings. The number of carbonyl (C=O) groups excluding carboxylic acids is 2. The number of esters is 1. The van der Waals surface area contributed by atoms with Gasteiger partial charge in [0.15, 0.2) is 6.61 Å². The molecular weight excluding hydrogens is 330 g/mol. The minimum absolute atomic E-state index is 0.313. The van der Waals surface area contributed by atoms with Crippen LogP contribution < -0.4 is 10.1 Å². The second kappa shape index (κ2) is 7.05. The number of anilines is 1. The van der Waals surface area contributed by atoms with Gasteiger partial charge in [-0.2, -0.15) is 8.75 Å². The van der Waals surface area contributed by atoms with E-state index in [0.717, 1.165) is 11.7 Å². The molecule has 1 amide bonds. The minimum atomic E-state index is -0.599. The van der Waals surface area contributed by atoms with Gasteiger partial charge in [0.2, 0.25) is 0 Å². The third-order valence-electron chi connectivity index (χ3n) is 3.20. The third-order valence-corrected chi connectivity index (χ3v) is 3.74. The summed E-state index contributed by atoms with van der Waals surface area (Å²) in [6.45, 7) is -0.399. The zero-order chi connectivity index (χ0) is 16.9. The van der Waals surface area contributed by atoms with Gasteiger partial charge in [-0.1, -0.05) is 12.1 Å². The van der Waals surface area contributed by atoms with E-state index in [4.69, 9.17) is 9.47 Å². The normalized spacial score (nSPS) is 10.4. The van der Waals surface area contributed by atoms with Gasteiger partial charge in [0.1, 0.15) is 16.8 Å². The second-order valence-corrected chi connectivity index (χ2v) is 5.32. The Labute approximate surface area is 141 Å². The Kier molecular flexibility index (Phi) is 4.66. The van der Waals surface area contributed by atoms with Crippen molar-refractivity contribution in [2.75, 3.05) is 19.0 Å². The van der Waals surface area contributed by atoms with Crippen LogP contribution in [0.4, 0.5) is 5.69 Å². The number of ether oxygens (including phenoxy) is 2. The highest BCUT2D eigenvalue weighted by molar-refractivity contribution is 7.00. The third kappa shape index (κ3) is 3.49. The lowest BCUT2D eigenvalue weighted by Gasteiger charge is -2.07. The van der Waals surface area contributed by atoms with Crippen molar-refractivity contribution in [1.82, 2.24) is 8.75 Å². The average molecular weight is 343 g/mol. The largest absolute Gasteiger partial charge is 0.497 e. The van der Waals surface area contributed by atoms with E-state index in [9.17, 15) is 9.59 Å². The molecule has 0 unspecified atom stereocenters. The molecule has 0 saturated heterocycles. The molecule has 0 atom stereocenters. The fourth-order valence-corrected chi connectivity index (χ4v) is 2.61. The predicted molar refractivity (Wildman–Crippen MR) is 89.3 cm³/mol. The summed E-state index contributed by atoms with van der Waals surface area (Å²) >= 11 is 1.06. The van der Waals surface area contributed by atoms with Crippen molar-refractivity contribution in [3.8, 4) is 5.75 Å². The molecule has 3 rings (SSSR count). The van der Waals surface area contributed by atoms with Crippen LogP contribution in [0.2, 0.25) is 0 Å². The molecule has 1 N–H and O–H groups in total. The second-order valence-electron chi connectivity index (χ2n) is 4.79. The summed E-state index contributed by atoms with van der Waals surface area (Å²) < 4.78 is 18.3. The van der Waals surface area contributed by atoms with Gasteiger partial charge >= 0.3 is 5.97 Å². The Morgan fingerprint density at radius 2 is 2.00 bits per heavy atom. The maximum Gasteiger partial charge on any atom is 0.338 e. The molecule has 0 saturated carbocycles. The number of benzene rings is 2. The first-order valence-electron chi connectivity index (χ1n) is 6.99. The summed E-state index contributed by atoms with van der Waals surface area (Å²) in [5.41, 5.74) is 2.15. The topological polar surface area (TPSA) is 90.4 Å². The number of nitrogens with zero attached hydrogens (tertiary/aromatic N) is 2. The number of methoxy groups -OCH3 is 1. The molecule has 0 spiro atoms. The SMILES string of the molecule is COc1cccc(C(=O)OCC(=O)Nc2cccc3nsnc23)c1. The lowest BCUT2D eigenvalue weighted by molar-refractivity contribution is -0.119. The van der Waals surface area contributed by atoms with E-state index in [1.165, 1.54) is 7.11 Å². The highest BCUT2D eigenvalue weighted by Crippen LogP contribution is 2.21. The van der Waals surface area contributed by atoms with Crippen LogP contribution in [-0.2, 0) is 9.53 Å². The molecule has 0 radical (unpaired) electrons. The highest BCUT2D eigenvalue weighted by Gasteiger charge is 2.13. The van der Waals surface area contributed by atoms with Gasteiger partial charge in [0.05, 0.1) is 30.1 Å². The summed E-state index contributed by atoms with van der Waals surface area (Å²) in [4.78, 5) is 23.9. The van der Waals surface area contributed by atoms with Gasteiger partial charge in [0, 0.05) is 0 Å². The first-order chi connectivity index (χ1) is 11.7. The van der Waals surface area contributed by atoms with Crippen molar-refractivity contribution in [3.05, 3.63) is 48.0 Å². The van der Waals surface area contributed by atoms with Gasteiger partial charge in [-0.05, 0) is 30.3 Å². The molecule has 2 aromatic carbocycles. The fourth-order valence-electron chi connectivity index (χ4n) is 2.06. The Morgan fingerprint density at radius 1 is 1.17 bits per heavy atom. The molecule has 1 heterocycles. The van der Waals surface area contributed by atoms with Crippen LogP contribution in [-0.4, -0.2) is 34.3 Å². The molecular formula is C16H13N3O4S. The number of hydrogen-bond donors (Lipinski definition) is 1. The predicted octanol–water partition coefficient (Wildman–Crippen LogP) is 2.50. The molecule has 0 fully saturated rings. The van der Waals surface area contributed by atoms with Crippen molar-refractivity contribution in [2.45, 2.75) is 0 Å². The van der Waals surface area contributed by atoms with Gasteiger partial charge in [-0.15, -0.1) is 0 Å². The number of aromatic nitrogens is 2. The molecule has 0 aliphatic rings. The van der Waals surface area contributed by atoms with Crippen molar-refractivity contribution in [3.63, 3.8) is 0 Å². The van der Waals surface area contributed by atoms with Crippen LogP contribution in [0.1, 0.15) is 10.4 Å². The van der Waals surface area contributed by atoms with Crippen LogP contribution in [0.5, 0.6) is 5.75 Å². The summed E-state index contributed by atoms with van der Waals surface area (Å²) in [6.07, 6.45) is 0. The number of rotatable bonds is 5. The van der Waals surface area contributed by atoms with E-state index in [0.29, 0.717) is 28.0 Å². The maximum absolute atomic E-state index is 12.0. The van der Waals surface area contributed by atoms with Crippen LogP contribution in [0, 0.1) is 0 Å². The number of carbonyl (C=O) groups is 2. The lowest BCUT2D eigenvalue weighted by atomic mass is 10.2. The Bertz CT molecular complexity index is 894. The highest BCUT2D eigenvalue weighted by atomic mass is 32.1.